The fourth-order valence-electron chi connectivity index (χ4n) is 2.81. The van der Waals surface area contributed by atoms with Crippen LogP contribution in [0.1, 0.15) is 28.9 Å². The van der Waals surface area contributed by atoms with Gasteiger partial charge in [-0.2, -0.15) is 0 Å². The Morgan fingerprint density at radius 3 is 3.04 bits per heavy atom. The Labute approximate surface area is 152 Å². The summed E-state index contributed by atoms with van der Waals surface area (Å²) in [6, 6.07) is 11.4. The number of aromatic nitrogens is 1. The van der Waals surface area contributed by atoms with Crippen LogP contribution in [0.15, 0.2) is 42.6 Å². The third-order valence-electron chi connectivity index (χ3n) is 4.14. The summed E-state index contributed by atoms with van der Waals surface area (Å²) in [5.74, 6) is -0.172. The Kier molecular flexibility index (Phi) is 6.25. The maximum absolute atomic E-state index is 12.2. The molecule has 6 heteroatoms. The summed E-state index contributed by atoms with van der Waals surface area (Å²) >= 11 is 5.99. The van der Waals surface area contributed by atoms with Crippen LogP contribution in [0.2, 0.25) is 5.02 Å². The van der Waals surface area contributed by atoms with Crippen LogP contribution in [0.3, 0.4) is 0 Å². The Bertz CT molecular complexity index is 717. The molecule has 0 spiro atoms. The quantitative estimate of drug-likeness (QED) is 0.796. The number of nitrogens with one attached hydrogen (secondary N) is 2. The molecule has 2 aromatic rings. The van der Waals surface area contributed by atoms with Gasteiger partial charge in [-0.05, 0) is 49.1 Å². The number of amides is 1. The number of rotatable bonds is 7. The number of nitrogens with zero attached hydrogens (tertiary/aromatic N) is 1. The average Bonchev–Trinajstić information content (AvgIpc) is 3.14. The Hall–Kier alpha value is -2.11. The monoisotopic (exact) mass is 359 g/mol. The first-order valence-corrected chi connectivity index (χ1v) is 8.93. The predicted molar refractivity (Wildman–Crippen MR) is 99.2 cm³/mol. The van der Waals surface area contributed by atoms with Crippen molar-refractivity contribution in [3.05, 3.63) is 58.9 Å². The smallest absolute Gasteiger partial charge is 0.270 e. The highest BCUT2D eigenvalue weighted by Crippen LogP contribution is 2.13. The number of halogens is 1. The molecule has 1 fully saturated rings. The molecule has 1 unspecified atom stereocenters. The SMILES string of the molecule is O=C(NCC1CCCO1)c1cc(NCCc2cccc(Cl)c2)ccn1. The molecule has 1 saturated heterocycles. The molecular weight excluding hydrogens is 338 g/mol. The second kappa shape index (κ2) is 8.83. The number of anilines is 1. The molecule has 1 aromatic heterocycles. The zero-order valence-electron chi connectivity index (χ0n) is 14.0. The maximum Gasteiger partial charge on any atom is 0.270 e. The summed E-state index contributed by atoms with van der Waals surface area (Å²) in [4.78, 5) is 16.4. The van der Waals surface area contributed by atoms with E-state index in [2.05, 4.69) is 15.6 Å². The summed E-state index contributed by atoms with van der Waals surface area (Å²) in [6.07, 6.45) is 4.68. The van der Waals surface area contributed by atoms with Crippen LogP contribution in [0.5, 0.6) is 0 Å². The molecule has 1 amide bonds. The van der Waals surface area contributed by atoms with E-state index in [0.717, 1.165) is 43.1 Å². The van der Waals surface area contributed by atoms with Crippen LogP contribution in [0, 0.1) is 0 Å². The number of benzene rings is 1. The van der Waals surface area contributed by atoms with Gasteiger partial charge in [0.15, 0.2) is 0 Å². The normalized spacial score (nSPS) is 16.6. The van der Waals surface area contributed by atoms with E-state index >= 15 is 0 Å². The minimum atomic E-state index is -0.172. The van der Waals surface area contributed by atoms with Crippen molar-refractivity contribution < 1.29 is 9.53 Å². The van der Waals surface area contributed by atoms with Crippen molar-refractivity contribution in [1.82, 2.24) is 10.3 Å². The highest BCUT2D eigenvalue weighted by Gasteiger charge is 2.17. The molecular formula is C19H22ClN3O2. The molecule has 2 N–H and O–H groups in total. The van der Waals surface area contributed by atoms with Gasteiger partial charge in [0, 0.05) is 36.6 Å². The highest BCUT2D eigenvalue weighted by atomic mass is 35.5. The first kappa shape index (κ1) is 17.7. The molecule has 0 radical (unpaired) electrons. The van der Waals surface area contributed by atoms with E-state index in [1.165, 1.54) is 5.56 Å². The van der Waals surface area contributed by atoms with Gasteiger partial charge in [-0.1, -0.05) is 23.7 Å². The zero-order valence-corrected chi connectivity index (χ0v) is 14.8. The topological polar surface area (TPSA) is 63.2 Å². The van der Waals surface area contributed by atoms with Crippen molar-refractivity contribution in [2.24, 2.45) is 0 Å². The van der Waals surface area contributed by atoms with E-state index in [0.29, 0.717) is 12.2 Å². The molecule has 0 aliphatic carbocycles. The lowest BCUT2D eigenvalue weighted by atomic mass is 10.1. The molecule has 2 heterocycles. The van der Waals surface area contributed by atoms with Gasteiger partial charge in [-0.15, -0.1) is 0 Å². The van der Waals surface area contributed by atoms with E-state index in [4.69, 9.17) is 16.3 Å². The Morgan fingerprint density at radius 1 is 1.32 bits per heavy atom. The maximum atomic E-state index is 12.2. The third-order valence-corrected chi connectivity index (χ3v) is 4.37. The van der Waals surface area contributed by atoms with Gasteiger partial charge in [-0.25, -0.2) is 0 Å². The van der Waals surface area contributed by atoms with Crippen LogP contribution in [0.4, 0.5) is 5.69 Å². The summed E-state index contributed by atoms with van der Waals surface area (Å²) in [5.41, 5.74) is 2.45. The van der Waals surface area contributed by atoms with Crippen LogP contribution in [-0.2, 0) is 11.2 Å². The molecule has 1 aliphatic heterocycles. The van der Waals surface area contributed by atoms with E-state index in [1.807, 2.05) is 30.3 Å². The molecule has 1 aliphatic rings. The Balaban J connectivity index is 1.49. The molecule has 25 heavy (non-hydrogen) atoms. The van der Waals surface area contributed by atoms with Crippen molar-refractivity contribution in [2.75, 3.05) is 25.0 Å². The van der Waals surface area contributed by atoms with Gasteiger partial charge in [0.25, 0.3) is 5.91 Å². The average molecular weight is 360 g/mol. The van der Waals surface area contributed by atoms with Crippen molar-refractivity contribution in [3.63, 3.8) is 0 Å². The largest absolute Gasteiger partial charge is 0.385 e. The lowest BCUT2D eigenvalue weighted by Gasteiger charge is -2.11. The van der Waals surface area contributed by atoms with Crippen molar-refractivity contribution in [2.45, 2.75) is 25.4 Å². The fourth-order valence-corrected chi connectivity index (χ4v) is 3.02. The van der Waals surface area contributed by atoms with Gasteiger partial charge in [0.2, 0.25) is 0 Å². The van der Waals surface area contributed by atoms with E-state index in [1.54, 1.807) is 12.3 Å². The van der Waals surface area contributed by atoms with Crippen LogP contribution >= 0.6 is 11.6 Å². The molecule has 1 atom stereocenters. The van der Waals surface area contributed by atoms with Gasteiger partial charge in [-0.3, -0.25) is 9.78 Å². The number of hydrogen-bond acceptors (Lipinski definition) is 4. The lowest BCUT2D eigenvalue weighted by molar-refractivity contribution is 0.0854. The molecule has 132 valence electrons. The first-order valence-electron chi connectivity index (χ1n) is 8.55. The van der Waals surface area contributed by atoms with E-state index in [-0.39, 0.29) is 12.0 Å². The number of carbonyl (C=O) groups is 1. The Morgan fingerprint density at radius 2 is 2.24 bits per heavy atom. The number of pyridine rings is 1. The number of carbonyl (C=O) groups excluding carboxylic acids is 1. The summed E-state index contributed by atoms with van der Waals surface area (Å²) < 4.78 is 5.51. The second-order valence-corrected chi connectivity index (χ2v) is 6.52. The minimum Gasteiger partial charge on any atom is -0.385 e. The molecule has 0 bridgehead atoms. The predicted octanol–water partition coefficient (Wildman–Crippen LogP) is 3.30. The molecule has 3 rings (SSSR count). The van der Waals surface area contributed by atoms with Gasteiger partial charge in [0.1, 0.15) is 5.69 Å². The third kappa shape index (κ3) is 5.44. The summed E-state index contributed by atoms with van der Waals surface area (Å²) in [7, 11) is 0. The van der Waals surface area contributed by atoms with Crippen LogP contribution < -0.4 is 10.6 Å². The van der Waals surface area contributed by atoms with Crippen LogP contribution in [-0.4, -0.2) is 36.7 Å². The summed E-state index contributed by atoms with van der Waals surface area (Å²) in [6.45, 7) is 2.07. The number of hydrogen-bond donors (Lipinski definition) is 2. The lowest BCUT2D eigenvalue weighted by Crippen LogP contribution is -2.32. The first-order chi connectivity index (χ1) is 12.2. The van der Waals surface area contributed by atoms with Gasteiger partial charge < -0.3 is 15.4 Å². The molecule has 0 saturated carbocycles. The zero-order chi connectivity index (χ0) is 17.5. The van der Waals surface area contributed by atoms with E-state index in [9.17, 15) is 4.79 Å². The molecule has 1 aromatic carbocycles. The standard InChI is InChI=1S/C19H22ClN3O2/c20-15-4-1-3-14(11-15)6-8-21-16-7-9-22-18(12-16)19(24)23-13-17-5-2-10-25-17/h1,3-4,7,9,11-12,17H,2,5-6,8,10,13H2,(H,21,22)(H,23,24). The highest BCUT2D eigenvalue weighted by molar-refractivity contribution is 6.30. The van der Waals surface area contributed by atoms with Crippen molar-refractivity contribution in [3.8, 4) is 0 Å². The van der Waals surface area contributed by atoms with Crippen molar-refractivity contribution in [1.29, 1.82) is 0 Å². The fraction of sp³-hybridized carbons (Fsp3) is 0.368. The number of ether oxygens (including phenoxy) is 1. The molecule has 5 nitrogen and oxygen atoms in total. The van der Waals surface area contributed by atoms with Crippen LogP contribution in [0.25, 0.3) is 0 Å². The van der Waals surface area contributed by atoms with Gasteiger partial charge >= 0.3 is 0 Å². The minimum absolute atomic E-state index is 0.128. The second-order valence-electron chi connectivity index (χ2n) is 6.08. The summed E-state index contributed by atoms with van der Waals surface area (Å²) in [5, 5.41) is 6.95. The van der Waals surface area contributed by atoms with Gasteiger partial charge in [0.05, 0.1) is 6.10 Å². The van der Waals surface area contributed by atoms with Crippen molar-refractivity contribution >= 4 is 23.2 Å². The van der Waals surface area contributed by atoms with E-state index < -0.39 is 0 Å².